The van der Waals surface area contributed by atoms with E-state index in [1.807, 2.05) is 4.90 Å². The maximum absolute atomic E-state index is 12.8. The highest BCUT2D eigenvalue weighted by atomic mass is 35.5. The van der Waals surface area contributed by atoms with Gasteiger partial charge < -0.3 is 9.88 Å². The third kappa shape index (κ3) is 3.18. The van der Waals surface area contributed by atoms with Crippen LogP contribution in [0, 0.1) is 0 Å². The molecule has 0 radical (unpaired) electrons. The number of fused-ring (bicyclic) bond motifs is 3. The predicted octanol–water partition coefficient (Wildman–Crippen LogP) is 3.28. The number of imidazole rings is 1. The molecule has 0 fully saturated rings. The van der Waals surface area contributed by atoms with Gasteiger partial charge in [-0.1, -0.05) is 23.2 Å². The molecule has 0 saturated carbocycles. The van der Waals surface area contributed by atoms with Gasteiger partial charge in [-0.25, -0.2) is 9.97 Å². The molecule has 30 heavy (non-hydrogen) atoms. The number of carbonyl (C=O) groups is 2. The molecule has 0 aliphatic carbocycles. The van der Waals surface area contributed by atoms with Crippen LogP contribution in [0.3, 0.4) is 0 Å². The monoisotopic (exact) mass is 481 g/mol. The van der Waals surface area contributed by atoms with Crippen molar-refractivity contribution in [1.29, 1.82) is 0 Å². The Morgan fingerprint density at radius 2 is 2.20 bits per heavy atom. The molecule has 3 aromatic heterocycles. The molecule has 0 spiro atoms. The van der Waals surface area contributed by atoms with Gasteiger partial charge >= 0.3 is 0 Å². The van der Waals surface area contributed by atoms with Crippen molar-refractivity contribution in [2.24, 2.45) is 4.99 Å². The third-order valence-electron chi connectivity index (χ3n) is 4.70. The van der Waals surface area contributed by atoms with Crippen molar-refractivity contribution in [2.75, 3.05) is 30.4 Å². The van der Waals surface area contributed by atoms with Gasteiger partial charge in [0.05, 0.1) is 22.9 Å². The molecular formula is C17H13Cl2N7O2S2. The van der Waals surface area contributed by atoms with Gasteiger partial charge in [0, 0.05) is 24.5 Å². The molecule has 5 rings (SSSR count). The van der Waals surface area contributed by atoms with Crippen molar-refractivity contribution in [3.8, 4) is 11.3 Å². The summed E-state index contributed by atoms with van der Waals surface area (Å²) in [5.41, 5.74) is 1.73. The van der Waals surface area contributed by atoms with Crippen LogP contribution in [0.4, 0.5) is 10.9 Å². The van der Waals surface area contributed by atoms with E-state index in [0.717, 1.165) is 5.56 Å². The lowest BCUT2D eigenvalue weighted by molar-refractivity contribution is -0.116. The smallest absolute Gasteiger partial charge is 0.280 e. The first kappa shape index (κ1) is 19.5. The van der Waals surface area contributed by atoms with Crippen LogP contribution >= 0.6 is 45.9 Å². The number of rotatable bonds is 4. The van der Waals surface area contributed by atoms with E-state index in [4.69, 9.17) is 23.2 Å². The quantitative estimate of drug-likeness (QED) is 0.616. The largest absolute Gasteiger partial charge is 0.315 e. The zero-order chi connectivity index (χ0) is 21.0. The average Bonchev–Trinajstić information content (AvgIpc) is 3.46. The number of amides is 2. The molecule has 1 N–H and O–H groups in total. The van der Waals surface area contributed by atoms with Gasteiger partial charge in [0.2, 0.25) is 11.9 Å². The van der Waals surface area contributed by atoms with Crippen LogP contribution in [0.5, 0.6) is 0 Å². The van der Waals surface area contributed by atoms with Crippen LogP contribution in [-0.4, -0.2) is 57.3 Å². The van der Waals surface area contributed by atoms with Crippen molar-refractivity contribution in [1.82, 2.24) is 19.4 Å². The second kappa shape index (κ2) is 7.34. The van der Waals surface area contributed by atoms with Gasteiger partial charge in [0.25, 0.3) is 5.91 Å². The predicted molar refractivity (Wildman–Crippen MR) is 118 cm³/mol. The molecule has 2 amide bonds. The zero-order valence-electron chi connectivity index (χ0n) is 15.4. The number of anilines is 2. The molecular weight excluding hydrogens is 469 g/mol. The summed E-state index contributed by atoms with van der Waals surface area (Å²) in [4.78, 5) is 41.8. The van der Waals surface area contributed by atoms with E-state index in [9.17, 15) is 9.59 Å². The van der Waals surface area contributed by atoms with Gasteiger partial charge in [-0.3, -0.25) is 24.4 Å². The molecule has 13 heteroatoms. The summed E-state index contributed by atoms with van der Waals surface area (Å²) in [6, 6.07) is 1.74. The summed E-state index contributed by atoms with van der Waals surface area (Å²) in [5.74, 6) is 0.557. The highest BCUT2D eigenvalue weighted by Gasteiger charge is 2.38. The van der Waals surface area contributed by atoms with Crippen LogP contribution in [0.2, 0.25) is 8.67 Å². The normalized spacial score (nSPS) is 15.3. The van der Waals surface area contributed by atoms with E-state index in [0.29, 0.717) is 50.1 Å². The van der Waals surface area contributed by atoms with E-state index in [1.165, 1.54) is 33.9 Å². The molecule has 3 aromatic rings. The van der Waals surface area contributed by atoms with Gasteiger partial charge in [0.15, 0.2) is 16.6 Å². The Balaban J connectivity index is 1.34. The Morgan fingerprint density at radius 1 is 1.37 bits per heavy atom. The molecule has 0 atom stereocenters. The van der Waals surface area contributed by atoms with Crippen molar-refractivity contribution in [3.63, 3.8) is 0 Å². The maximum Gasteiger partial charge on any atom is 0.280 e. The number of aliphatic imine (C=N–C) groups is 1. The van der Waals surface area contributed by atoms with Crippen LogP contribution in [0.1, 0.15) is 10.5 Å². The Hall–Kier alpha value is -2.47. The SMILES string of the molecule is CN1C(=O)c2c(ncn2CC(=O)Nc2nc(-c3cc(Cl)sc3Cl)cs2)N2CCN=C12. The van der Waals surface area contributed by atoms with Crippen LogP contribution in [-0.2, 0) is 11.3 Å². The number of hydrogen-bond acceptors (Lipinski definition) is 8. The summed E-state index contributed by atoms with van der Waals surface area (Å²) in [7, 11) is 1.67. The molecule has 0 aromatic carbocycles. The minimum absolute atomic E-state index is 0.0673. The molecule has 154 valence electrons. The number of nitrogens with one attached hydrogen (secondary N) is 1. The Kier molecular flexibility index (Phi) is 4.77. The highest BCUT2D eigenvalue weighted by molar-refractivity contribution is 7.20. The Labute approximate surface area is 188 Å². The fourth-order valence-electron chi connectivity index (χ4n) is 3.36. The maximum atomic E-state index is 12.8. The molecule has 0 saturated heterocycles. The number of halogens is 2. The van der Waals surface area contributed by atoms with Crippen LogP contribution < -0.4 is 10.2 Å². The lowest BCUT2D eigenvalue weighted by atomic mass is 10.3. The number of hydrogen-bond donors (Lipinski definition) is 1. The minimum Gasteiger partial charge on any atom is -0.315 e. The van der Waals surface area contributed by atoms with Crippen molar-refractivity contribution >= 4 is 74.6 Å². The molecule has 0 unspecified atom stereocenters. The average molecular weight is 482 g/mol. The fraction of sp³-hybridized carbons (Fsp3) is 0.235. The summed E-state index contributed by atoms with van der Waals surface area (Å²) in [5, 5.41) is 4.99. The summed E-state index contributed by atoms with van der Waals surface area (Å²) < 4.78 is 2.66. The summed E-state index contributed by atoms with van der Waals surface area (Å²) in [6.07, 6.45) is 1.50. The van der Waals surface area contributed by atoms with Crippen molar-refractivity contribution < 1.29 is 9.59 Å². The number of nitrogens with zero attached hydrogens (tertiary/aromatic N) is 6. The van der Waals surface area contributed by atoms with E-state index in [1.54, 1.807) is 23.1 Å². The number of thiophene rings is 1. The second-order valence-electron chi connectivity index (χ2n) is 6.57. The first-order valence-electron chi connectivity index (χ1n) is 8.78. The topological polar surface area (TPSA) is 95.7 Å². The molecule has 2 aliphatic rings. The standard InChI is InChI=1S/C17H13Cl2N7O2S2/c1-24-15(28)12-14(26-3-2-20-17(24)26)21-7-25(12)5-11(27)23-16-22-9(6-29-16)8-4-10(18)30-13(8)19/h4,6-7H,2-3,5H2,1H3,(H,22,23,27). The fourth-order valence-corrected chi connectivity index (χ4v) is 5.57. The van der Waals surface area contributed by atoms with E-state index < -0.39 is 0 Å². The highest BCUT2D eigenvalue weighted by Crippen LogP contribution is 2.39. The zero-order valence-corrected chi connectivity index (χ0v) is 18.6. The van der Waals surface area contributed by atoms with Gasteiger partial charge in [-0.05, 0) is 6.07 Å². The van der Waals surface area contributed by atoms with Gasteiger partial charge in [-0.15, -0.1) is 22.7 Å². The van der Waals surface area contributed by atoms with E-state index in [2.05, 4.69) is 20.3 Å². The van der Waals surface area contributed by atoms with Crippen molar-refractivity contribution in [2.45, 2.75) is 6.54 Å². The van der Waals surface area contributed by atoms with E-state index >= 15 is 0 Å². The first-order valence-corrected chi connectivity index (χ1v) is 11.2. The lowest BCUT2D eigenvalue weighted by Crippen LogP contribution is -2.48. The summed E-state index contributed by atoms with van der Waals surface area (Å²) >= 11 is 14.7. The van der Waals surface area contributed by atoms with Crippen LogP contribution in [0.15, 0.2) is 22.8 Å². The third-order valence-corrected chi connectivity index (χ3v) is 6.94. The second-order valence-corrected chi connectivity index (χ2v) is 9.71. The first-order chi connectivity index (χ1) is 14.4. The Morgan fingerprint density at radius 3 is 2.97 bits per heavy atom. The van der Waals surface area contributed by atoms with Crippen LogP contribution in [0.25, 0.3) is 11.3 Å². The van der Waals surface area contributed by atoms with Crippen molar-refractivity contribution in [3.05, 3.63) is 32.1 Å². The van der Waals surface area contributed by atoms with E-state index in [-0.39, 0.29) is 18.4 Å². The molecule has 5 heterocycles. The molecule has 2 aliphatic heterocycles. The van der Waals surface area contributed by atoms with Gasteiger partial charge in [-0.2, -0.15) is 0 Å². The molecule has 9 nitrogen and oxygen atoms in total. The number of guanidine groups is 1. The number of thiazole rings is 1. The Bertz CT molecular complexity index is 1210. The number of carbonyl (C=O) groups excluding carboxylic acids is 2. The number of aromatic nitrogens is 3. The lowest BCUT2D eigenvalue weighted by Gasteiger charge is -2.30. The summed E-state index contributed by atoms with van der Waals surface area (Å²) in [6.45, 7) is 1.19. The minimum atomic E-state index is -0.318. The molecule has 0 bridgehead atoms. The van der Waals surface area contributed by atoms with Gasteiger partial charge in [0.1, 0.15) is 10.9 Å².